The highest BCUT2D eigenvalue weighted by atomic mass is 35.5. The van der Waals surface area contributed by atoms with Crippen LogP contribution in [-0.4, -0.2) is 27.5 Å². The number of aryl methyl sites for hydroxylation is 2. The number of hydrogen-bond acceptors (Lipinski definition) is 2. The van der Waals surface area contributed by atoms with Gasteiger partial charge < -0.3 is 9.47 Å². The van der Waals surface area contributed by atoms with Crippen LogP contribution in [0.15, 0.2) is 68.0 Å². The fourth-order valence-electron chi connectivity index (χ4n) is 5.09. The number of hydrogen-bond donors (Lipinski definition) is 0. The van der Waals surface area contributed by atoms with Crippen LogP contribution in [0.25, 0.3) is 16.8 Å². The third-order valence-corrected chi connectivity index (χ3v) is 7.49. The van der Waals surface area contributed by atoms with E-state index in [1.54, 1.807) is 18.3 Å². The lowest BCUT2D eigenvalue weighted by Gasteiger charge is -2.35. The van der Waals surface area contributed by atoms with Crippen molar-refractivity contribution in [2.45, 2.75) is 39.5 Å². The summed E-state index contributed by atoms with van der Waals surface area (Å²) in [7, 11) is 1.98. The van der Waals surface area contributed by atoms with E-state index in [1.807, 2.05) is 36.0 Å². The number of halogens is 2. The van der Waals surface area contributed by atoms with Gasteiger partial charge in [-0.15, -0.1) is 0 Å². The predicted octanol–water partition coefficient (Wildman–Crippen LogP) is 7.95. The number of aromatic nitrogens is 2. The monoisotopic (exact) mass is 503 g/mol. The molecule has 1 aromatic heterocycles. The van der Waals surface area contributed by atoms with Crippen molar-refractivity contribution in [3.8, 4) is 0 Å². The highest BCUT2D eigenvalue weighted by Gasteiger charge is 2.23. The zero-order chi connectivity index (χ0) is 25.8. The number of benzene rings is 2. The first-order valence-corrected chi connectivity index (χ1v) is 13.0. The Morgan fingerprint density at radius 1 is 1.14 bits per heavy atom. The van der Waals surface area contributed by atoms with Gasteiger partial charge in [0.25, 0.3) is 0 Å². The second-order valence-corrected chi connectivity index (χ2v) is 10.1. The molecule has 0 bridgehead atoms. The normalized spacial score (nSPS) is 14.8. The van der Waals surface area contributed by atoms with Gasteiger partial charge >= 0.3 is 0 Å². The van der Waals surface area contributed by atoms with E-state index >= 15 is 0 Å². The molecular formula is C31H35ClFN3. The zero-order valence-corrected chi connectivity index (χ0v) is 22.3. The molecule has 0 N–H and O–H groups in total. The molecule has 2 heterocycles. The van der Waals surface area contributed by atoms with Gasteiger partial charge in [0.1, 0.15) is 11.6 Å². The summed E-state index contributed by atoms with van der Waals surface area (Å²) in [5.74, 6) is 1.26. The third-order valence-electron chi connectivity index (χ3n) is 7.17. The maximum atomic E-state index is 13.2. The van der Waals surface area contributed by atoms with Crippen LogP contribution in [-0.2, 0) is 13.5 Å². The van der Waals surface area contributed by atoms with E-state index in [4.69, 9.17) is 11.6 Å². The van der Waals surface area contributed by atoms with Crippen LogP contribution in [0, 0.1) is 18.7 Å². The van der Waals surface area contributed by atoms with Crippen molar-refractivity contribution in [2.75, 3.05) is 13.1 Å². The Balaban J connectivity index is 1.53. The van der Waals surface area contributed by atoms with Crippen LogP contribution >= 0.6 is 11.6 Å². The Kier molecular flexibility index (Phi) is 8.15. The molecule has 0 saturated carbocycles. The Labute approximate surface area is 219 Å². The van der Waals surface area contributed by atoms with Gasteiger partial charge in [-0.25, -0.2) is 9.37 Å². The molecule has 0 radical (unpaired) electrons. The van der Waals surface area contributed by atoms with E-state index in [9.17, 15) is 4.39 Å². The first-order valence-electron chi connectivity index (χ1n) is 12.6. The van der Waals surface area contributed by atoms with E-state index in [0.717, 1.165) is 78.1 Å². The highest BCUT2D eigenvalue weighted by Crippen LogP contribution is 2.37. The molecule has 5 heteroatoms. The molecule has 3 aromatic rings. The van der Waals surface area contributed by atoms with Gasteiger partial charge in [-0.1, -0.05) is 49.9 Å². The molecule has 2 aromatic carbocycles. The van der Waals surface area contributed by atoms with Crippen molar-refractivity contribution in [2.24, 2.45) is 13.0 Å². The first-order chi connectivity index (χ1) is 17.3. The van der Waals surface area contributed by atoms with E-state index in [0.29, 0.717) is 10.9 Å². The molecule has 0 unspecified atom stereocenters. The van der Waals surface area contributed by atoms with Gasteiger partial charge in [0.15, 0.2) is 0 Å². The largest absolute Gasteiger partial charge is 0.371 e. The lowest BCUT2D eigenvalue weighted by Crippen LogP contribution is -2.33. The second-order valence-electron chi connectivity index (χ2n) is 9.72. The van der Waals surface area contributed by atoms with Crippen molar-refractivity contribution >= 4 is 28.4 Å². The Morgan fingerprint density at radius 3 is 2.44 bits per heavy atom. The molecule has 4 rings (SSSR count). The van der Waals surface area contributed by atoms with Crippen LogP contribution < -0.4 is 0 Å². The summed E-state index contributed by atoms with van der Waals surface area (Å²) in [6.07, 6.45) is 9.96. The molecule has 0 amide bonds. The summed E-state index contributed by atoms with van der Waals surface area (Å²) < 4.78 is 15.2. The number of likely N-dealkylation sites (tertiary alicyclic amines) is 1. The van der Waals surface area contributed by atoms with Crippen LogP contribution in [0.5, 0.6) is 0 Å². The van der Waals surface area contributed by atoms with Gasteiger partial charge in [-0.3, -0.25) is 0 Å². The molecule has 36 heavy (non-hydrogen) atoms. The summed E-state index contributed by atoms with van der Waals surface area (Å²) in [6, 6.07) is 11.1. The van der Waals surface area contributed by atoms with Gasteiger partial charge in [0.05, 0.1) is 5.02 Å². The zero-order valence-electron chi connectivity index (χ0n) is 21.5. The molecule has 3 nitrogen and oxygen atoms in total. The maximum Gasteiger partial charge on any atom is 0.139 e. The lowest BCUT2D eigenvalue weighted by molar-refractivity contribution is 0.254. The van der Waals surface area contributed by atoms with Crippen LogP contribution in [0.3, 0.4) is 0 Å². The van der Waals surface area contributed by atoms with Gasteiger partial charge in [0, 0.05) is 49.4 Å². The number of imidazole rings is 1. The summed E-state index contributed by atoms with van der Waals surface area (Å²) in [5, 5.41) is 0.716. The minimum Gasteiger partial charge on any atom is -0.371 e. The van der Waals surface area contributed by atoms with E-state index in [-0.39, 0.29) is 5.82 Å². The Bertz CT molecular complexity index is 1280. The SMILES string of the molecule is C=C(/C(=C/CC)c1cc(C(=C)N2CCC(Cc3ccc(F)cc3)CC2)c(Cl)cc1C)c1nccn1C. The van der Waals surface area contributed by atoms with Crippen molar-refractivity contribution in [3.05, 3.63) is 107 Å². The molecular weight excluding hydrogens is 469 g/mol. The van der Waals surface area contributed by atoms with Crippen molar-refractivity contribution in [1.82, 2.24) is 14.5 Å². The van der Waals surface area contributed by atoms with Crippen LogP contribution in [0.1, 0.15) is 54.3 Å². The molecule has 188 valence electrons. The third kappa shape index (κ3) is 5.65. The van der Waals surface area contributed by atoms with Gasteiger partial charge in [0.2, 0.25) is 0 Å². The lowest BCUT2D eigenvalue weighted by atomic mass is 9.89. The Hall–Kier alpha value is -3.11. The average molecular weight is 504 g/mol. The summed E-state index contributed by atoms with van der Waals surface area (Å²) in [6.45, 7) is 14.9. The van der Waals surface area contributed by atoms with Crippen molar-refractivity contribution < 1.29 is 4.39 Å². The molecule has 1 aliphatic rings. The quantitative estimate of drug-likeness (QED) is 0.291. The Morgan fingerprint density at radius 2 is 1.83 bits per heavy atom. The topological polar surface area (TPSA) is 21.1 Å². The minimum atomic E-state index is -0.181. The summed E-state index contributed by atoms with van der Waals surface area (Å²) in [4.78, 5) is 6.86. The molecule has 1 fully saturated rings. The van der Waals surface area contributed by atoms with E-state index in [2.05, 4.69) is 49.0 Å². The smallest absolute Gasteiger partial charge is 0.139 e. The fraction of sp³-hybridized carbons (Fsp3) is 0.323. The van der Waals surface area contributed by atoms with Crippen LogP contribution in [0.4, 0.5) is 4.39 Å². The van der Waals surface area contributed by atoms with E-state index in [1.165, 1.54) is 5.56 Å². The average Bonchev–Trinajstić information content (AvgIpc) is 3.30. The van der Waals surface area contributed by atoms with Gasteiger partial charge in [-0.2, -0.15) is 0 Å². The second kappa shape index (κ2) is 11.3. The maximum absolute atomic E-state index is 13.2. The standard InChI is InChI=1S/C31H35ClFN3/c1-6-7-27(22(3)31-34-14-17-35(31)5)28-20-29(30(32)18-21(28)2)23(4)36-15-12-25(13-16-36)19-24-8-10-26(33)11-9-24/h7-11,14,17-18,20,25H,3-4,6,12-13,15-16,19H2,1-2,5H3/b27-7-. The van der Waals surface area contributed by atoms with Gasteiger partial charge in [-0.05, 0) is 85.1 Å². The fourth-order valence-corrected chi connectivity index (χ4v) is 5.42. The molecule has 0 aliphatic carbocycles. The predicted molar refractivity (Wildman–Crippen MR) is 150 cm³/mol. The molecule has 0 atom stereocenters. The highest BCUT2D eigenvalue weighted by molar-refractivity contribution is 6.32. The van der Waals surface area contributed by atoms with Crippen molar-refractivity contribution in [1.29, 1.82) is 0 Å². The van der Waals surface area contributed by atoms with E-state index < -0.39 is 0 Å². The number of rotatable bonds is 8. The molecule has 1 saturated heterocycles. The first kappa shape index (κ1) is 26.0. The van der Waals surface area contributed by atoms with Crippen molar-refractivity contribution in [3.63, 3.8) is 0 Å². The molecule has 1 aliphatic heterocycles. The number of piperidine rings is 1. The van der Waals surface area contributed by atoms with Crippen LogP contribution in [0.2, 0.25) is 5.02 Å². The minimum absolute atomic E-state index is 0.181. The molecule has 0 spiro atoms. The number of nitrogens with zero attached hydrogens (tertiary/aromatic N) is 3. The summed E-state index contributed by atoms with van der Waals surface area (Å²) in [5.41, 5.74) is 7.30. The number of allylic oxidation sites excluding steroid dienone is 3. The summed E-state index contributed by atoms with van der Waals surface area (Å²) >= 11 is 6.77.